The molecule has 0 heterocycles. The van der Waals surface area contributed by atoms with Crippen molar-refractivity contribution in [3.63, 3.8) is 0 Å². The molecule has 1 fully saturated rings. The average Bonchev–Trinajstić information content (AvgIpc) is 2.32. The van der Waals surface area contributed by atoms with Gasteiger partial charge in [0.15, 0.2) is 0 Å². The topological polar surface area (TPSA) is 29.1 Å². The molecule has 2 aliphatic carbocycles. The lowest BCUT2D eigenvalue weighted by molar-refractivity contribution is -0.120. The second kappa shape index (κ2) is 3.33. The van der Waals surface area contributed by atoms with Crippen LogP contribution in [0.1, 0.15) is 19.8 Å². The zero-order valence-electron chi connectivity index (χ0n) is 7.66. The van der Waals surface area contributed by atoms with Gasteiger partial charge in [-0.3, -0.25) is 4.79 Å². The fourth-order valence-electron chi connectivity index (χ4n) is 2.48. The lowest BCUT2D eigenvalue weighted by Crippen LogP contribution is -2.44. The van der Waals surface area contributed by atoms with E-state index in [1.54, 1.807) is 6.92 Å². The Morgan fingerprint density at radius 3 is 2.92 bits per heavy atom. The molecule has 1 N–H and O–H groups in total. The highest BCUT2D eigenvalue weighted by atomic mass is 35.5. The standard InChI is InChI=1S/C10H14ClNO/c1-6(13)12-10-7-2-4-8(10)9(11)5-3-7/h3,5,7-10H,2,4H2,1H3,(H,12,13). The maximum Gasteiger partial charge on any atom is 0.217 e. The molecule has 1 saturated carbocycles. The van der Waals surface area contributed by atoms with Gasteiger partial charge in [0.05, 0.1) is 5.38 Å². The van der Waals surface area contributed by atoms with E-state index < -0.39 is 0 Å². The Balaban J connectivity index is 2.12. The van der Waals surface area contributed by atoms with Gasteiger partial charge in [-0.15, -0.1) is 11.6 Å². The number of nitrogens with one attached hydrogen (secondary N) is 1. The van der Waals surface area contributed by atoms with Crippen molar-refractivity contribution in [3.8, 4) is 0 Å². The van der Waals surface area contributed by atoms with Crippen molar-refractivity contribution < 1.29 is 4.79 Å². The third kappa shape index (κ3) is 1.60. The van der Waals surface area contributed by atoms with Crippen LogP contribution in [0.15, 0.2) is 12.2 Å². The van der Waals surface area contributed by atoms with Crippen LogP contribution in [0.2, 0.25) is 0 Å². The second-order valence-corrected chi connectivity index (χ2v) is 4.46. The fourth-order valence-corrected chi connectivity index (χ4v) is 2.84. The van der Waals surface area contributed by atoms with Crippen molar-refractivity contribution in [1.82, 2.24) is 5.32 Å². The zero-order valence-corrected chi connectivity index (χ0v) is 8.42. The summed E-state index contributed by atoms with van der Waals surface area (Å²) in [5.41, 5.74) is 0. The van der Waals surface area contributed by atoms with E-state index in [4.69, 9.17) is 11.6 Å². The van der Waals surface area contributed by atoms with Crippen molar-refractivity contribution in [2.75, 3.05) is 0 Å². The number of carbonyl (C=O) groups excluding carboxylic acids is 1. The molecule has 0 spiro atoms. The maximum absolute atomic E-state index is 11.0. The molecule has 2 aliphatic rings. The normalized spacial score (nSPS) is 42.0. The summed E-state index contributed by atoms with van der Waals surface area (Å²) >= 11 is 6.15. The van der Waals surface area contributed by atoms with E-state index >= 15 is 0 Å². The molecule has 2 rings (SSSR count). The first-order valence-electron chi connectivity index (χ1n) is 4.78. The van der Waals surface area contributed by atoms with Gasteiger partial charge in [0, 0.05) is 13.0 Å². The Kier molecular flexibility index (Phi) is 2.33. The minimum absolute atomic E-state index is 0.0565. The van der Waals surface area contributed by atoms with Crippen LogP contribution in [0, 0.1) is 11.8 Å². The lowest BCUT2D eigenvalue weighted by Gasteiger charge is -2.29. The van der Waals surface area contributed by atoms with E-state index in [1.807, 2.05) is 0 Å². The summed E-state index contributed by atoms with van der Waals surface area (Å²) in [6.07, 6.45) is 6.52. The van der Waals surface area contributed by atoms with Gasteiger partial charge in [-0.2, -0.15) is 0 Å². The van der Waals surface area contributed by atoms with Crippen LogP contribution in [-0.2, 0) is 4.79 Å². The molecule has 0 aromatic carbocycles. The van der Waals surface area contributed by atoms with Crippen LogP contribution < -0.4 is 5.32 Å². The Bertz CT molecular complexity index is 251. The van der Waals surface area contributed by atoms with Gasteiger partial charge >= 0.3 is 0 Å². The van der Waals surface area contributed by atoms with Crippen molar-refractivity contribution in [2.24, 2.45) is 11.8 Å². The Morgan fingerprint density at radius 1 is 1.46 bits per heavy atom. The minimum atomic E-state index is 0.0565. The minimum Gasteiger partial charge on any atom is -0.353 e. The van der Waals surface area contributed by atoms with Crippen LogP contribution in [-0.4, -0.2) is 17.3 Å². The highest BCUT2D eigenvalue weighted by Crippen LogP contribution is 2.40. The first-order chi connectivity index (χ1) is 6.18. The molecule has 0 saturated heterocycles. The number of allylic oxidation sites excluding steroid dienone is 1. The Labute approximate surface area is 83.3 Å². The molecule has 72 valence electrons. The van der Waals surface area contributed by atoms with Crippen LogP contribution in [0.3, 0.4) is 0 Å². The number of alkyl halides is 1. The van der Waals surface area contributed by atoms with E-state index in [9.17, 15) is 4.79 Å². The monoisotopic (exact) mass is 199 g/mol. The van der Waals surface area contributed by atoms with Crippen LogP contribution >= 0.6 is 11.6 Å². The molecule has 4 atom stereocenters. The lowest BCUT2D eigenvalue weighted by atomic mass is 9.89. The first-order valence-corrected chi connectivity index (χ1v) is 5.21. The van der Waals surface area contributed by atoms with E-state index in [0.717, 1.165) is 12.8 Å². The average molecular weight is 200 g/mol. The predicted octanol–water partition coefficient (Wildman–Crippen LogP) is 1.69. The Morgan fingerprint density at radius 2 is 2.23 bits per heavy atom. The summed E-state index contributed by atoms with van der Waals surface area (Å²) in [4.78, 5) is 11.0. The van der Waals surface area contributed by atoms with Gasteiger partial charge in [0.25, 0.3) is 0 Å². The maximum atomic E-state index is 11.0. The third-order valence-corrected chi connectivity index (χ3v) is 3.55. The SMILES string of the molecule is CC(=O)NC1C2C=CC(Cl)C1CC2. The van der Waals surface area contributed by atoms with Gasteiger partial charge in [0.1, 0.15) is 0 Å². The van der Waals surface area contributed by atoms with Crippen molar-refractivity contribution in [1.29, 1.82) is 0 Å². The second-order valence-electron chi connectivity index (χ2n) is 3.96. The summed E-state index contributed by atoms with van der Waals surface area (Å²) < 4.78 is 0. The molecule has 0 aliphatic heterocycles. The van der Waals surface area contributed by atoms with Crippen molar-refractivity contribution in [2.45, 2.75) is 31.2 Å². The molecule has 4 unspecified atom stereocenters. The fraction of sp³-hybridized carbons (Fsp3) is 0.700. The smallest absolute Gasteiger partial charge is 0.217 e. The highest BCUT2D eigenvalue weighted by molar-refractivity contribution is 6.22. The summed E-state index contributed by atoms with van der Waals surface area (Å²) in [5.74, 6) is 1.02. The largest absolute Gasteiger partial charge is 0.353 e. The molecule has 1 amide bonds. The third-order valence-electron chi connectivity index (χ3n) is 3.08. The Hall–Kier alpha value is -0.500. The van der Waals surface area contributed by atoms with Gasteiger partial charge in [-0.05, 0) is 24.7 Å². The summed E-state index contributed by atoms with van der Waals surface area (Å²) in [6.45, 7) is 1.57. The van der Waals surface area contributed by atoms with Crippen molar-refractivity contribution >= 4 is 17.5 Å². The first kappa shape index (κ1) is 9.07. The molecular formula is C10H14ClNO. The van der Waals surface area contributed by atoms with E-state index in [2.05, 4.69) is 17.5 Å². The van der Waals surface area contributed by atoms with Gasteiger partial charge < -0.3 is 5.32 Å². The zero-order chi connectivity index (χ0) is 9.42. The molecule has 2 nitrogen and oxygen atoms in total. The van der Waals surface area contributed by atoms with E-state index in [-0.39, 0.29) is 17.3 Å². The number of carbonyl (C=O) groups is 1. The number of halogens is 1. The summed E-state index contributed by atoms with van der Waals surface area (Å²) in [7, 11) is 0. The number of rotatable bonds is 1. The predicted molar refractivity (Wildman–Crippen MR) is 52.6 cm³/mol. The molecule has 3 heteroatoms. The molecule has 13 heavy (non-hydrogen) atoms. The molecule has 0 aromatic rings. The highest BCUT2D eigenvalue weighted by Gasteiger charge is 2.41. The molecule has 0 aromatic heterocycles. The van der Waals surface area contributed by atoms with Crippen LogP contribution in [0.5, 0.6) is 0 Å². The molecular weight excluding hydrogens is 186 g/mol. The van der Waals surface area contributed by atoms with Crippen LogP contribution in [0.4, 0.5) is 0 Å². The molecule has 2 bridgehead atoms. The van der Waals surface area contributed by atoms with E-state index in [1.165, 1.54) is 0 Å². The number of amides is 1. The van der Waals surface area contributed by atoms with Crippen molar-refractivity contribution in [3.05, 3.63) is 12.2 Å². The van der Waals surface area contributed by atoms with Crippen LogP contribution in [0.25, 0.3) is 0 Å². The molecule has 0 radical (unpaired) electrons. The quantitative estimate of drug-likeness (QED) is 0.506. The van der Waals surface area contributed by atoms with Gasteiger partial charge in [0.2, 0.25) is 5.91 Å². The van der Waals surface area contributed by atoms with Gasteiger partial charge in [-0.1, -0.05) is 12.2 Å². The summed E-state index contributed by atoms with van der Waals surface area (Å²) in [6, 6.07) is 0.282. The summed E-state index contributed by atoms with van der Waals surface area (Å²) in [5, 5.41) is 3.11. The van der Waals surface area contributed by atoms with E-state index in [0.29, 0.717) is 11.8 Å². The number of hydrogen-bond donors (Lipinski definition) is 1. The number of fused-ring (bicyclic) bond motifs is 2. The van der Waals surface area contributed by atoms with Gasteiger partial charge in [-0.25, -0.2) is 0 Å². The number of hydrogen-bond acceptors (Lipinski definition) is 1.